The molecule has 0 aromatic heterocycles. The van der Waals surface area contributed by atoms with Crippen molar-refractivity contribution in [2.45, 2.75) is 20.8 Å². The van der Waals surface area contributed by atoms with Gasteiger partial charge in [-0.05, 0) is 51.1 Å². The molecule has 2 N–H and O–H groups in total. The van der Waals surface area contributed by atoms with Crippen LogP contribution in [0.2, 0.25) is 5.02 Å². The molecule has 0 atom stereocenters. The summed E-state index contributed by atoms with van der Waals surface area (Å²) in [6, 6.07) is 13.1. The van der Waals surface area contributed by atoms with E-state index in [0.29, 0.717) is 10.7 Å². The second kappa shape index (κ2) is 8.68. The van der Waals surface area contributed by atoms with E-state index in [9.17, 15) is 14.4 Å². The van der Waals surface area contributed by atoms with E-state index in [1.807, 2.05) is 0 Å². The lowest BCUT2D eigenvalue weighted by Gasteiger charge is -2.23. The van der Waals surface area contributed by atoms with Gasteiger partial charge in [-0.25, -0.2) is 4.79 Å². The van der Waals surface area contributed by atoms with E-state index in [-0.39, 0.29) is 17.9 Å². The van der Waals surface area contributed by atoms with Crippen molar-refractivity contribution in [2.75, 3.05) is 17.2 Å². The van der Waals surface area contributed by atoms with Gasteiger partial charge in [-0.2, -0.15) is 0 Å². The largest absolute Gasteiger partial charge is 0.462 e. The second-order valence-electron chi connectivity index (χ2n) is 6.31. The van der Waals surface area contributed by atoms with Gasteiger partial charge in [0, 0.05) is 10.7 Å². The van der Waals surface area contributed by atoms with Crippen LogP contribution < -0.4 is 10.6 Å². The molecule has 0 radical (unpaired) electrons. The first kappa shape index (κ1) is 20.5. The highest BCUT2D eigenvalue weighted by Crippen LogP contribution is 2.24. The molecule has 27 heavy (non-hydrogen) atoms. The van der Waals surface area contributed by atoms with Crippen molar-refractivity contribution in [3.63, 3.8) is 0 Å². The number of nitrogens with one attached hydrogen (secondary N) is 2. The summed E-state index contributed by atoms with van der Waals surface area (Å²) < 4.78 is 4.99. The second-order valence-corrected chi connectivity index (χ2v) is 6.75. The smallest absolute Gasteiger partial charge is 0.340 e. The zero-order valence-corrected chi connectivity index (χ0v) is 16.1. The molecule has 2 rings (SSSR count). The van der Waals surface area contributed by atoms with E-state index in [1.54, 1.807) is 55.5 Å². The minimum absolute atomic E-state index is 0.217. The van der Waals surface area contributed by atoms with Gasteiger partial charge in [0.2, 0.25) is 11.8 Å². The topological polar surface area (TPSA) is 84.5 Å². The monoisotopic (exact) mass is 388 g/mol. The molecule has 142 valence electrons. The van der Waals surface area contributed by atoms with E-state index >= 15 is 0 Å². The van der Waals surface area contributed by atoms with Gasteiger partial charge in [0.15, 0.2) is 0 Å². The highest BCUT2D eigenvalue weighted by molar-refractivity contribution is 6.31. The third-order valence-corrected chi connectivity index (χ3v) is 4.12. The number of anilines is 2. The number of amides is 2. The maximum atomic E-state index is 12.7. The van der Waals surface area contributed by atoms with Crippen LogP contribution in [-0.4, -0.2) is 24.4 Å². The first-order valence-electron chi connectivity index (χ1n) is 8.40. The van der Waals surface area contributed by atoms with Crippen LogP contribution in [0.25, 0.3) is 0 Å². The van der Waals surface area contributed by atoms with Crippen molar-refractivity contribution in [3.8, 4) is 0 Å². The molecule has 0 heterocycles. The number of ether oxygens (including phenoxy) is 1. The fraction of sp³-hybridized carbons (Fsp3) is 0.250. The third kappa shape index (κ3) is 5.08. The predicted octanol–water partition coefficient (Wildman–Crippen LogP) is 4.12. The van der Waals surface area contributed by atoms with Crippen LogP contribution in [0, 0.1) is 5.41 Å². The van der Waals surface area contributed by atoms with Crippen molar-refractivity contribution in [1.82, 2.24) is 0 Å². The lowest BCUT2D eigenvalue weighted by molar-refractivity contribution is -0.135. The zero-order chi connectivity index (χ0) is 20.0. The number of hydrogen-bond acceptors (Lipinski definition) is 4. The molecule has 0 aliphatic carbocycles. The Balaban J connectivity index is 2.16. The van der Waals surface area contributed by atoms with Crippen LogP contribution >= 0.6 is 11.6 Å². The van der Waals surface area contributed by atoms with Crippen molar-refractivity contribution >= 4 is 40.8 Å². The van der Waals surface area contributed by atoms with Crippen molar-refractivity contribution in [1.29, 1.82) is 0 Å². The molecule has 7 heteroatoms. The summed E-state index contributed by atoms with van der Waals surface area (Å²) >= 11 is 5.91. The number of halogens is 1. The molecule has 0 unspecified atom stereocenters. The van der Waals surface area contributed by atoms with Gasteiger partial charge >= 0.3 is 5.97 Å². The Hall–Kier alpha value is -2.86. The zero-order valence-electron chi connectivity index (χ0n) is 15.3. The summed E-state index contributed by atoms with van der Waals surface area (Å²) in [6.45, 7) is 4.90. The van der Waals surface area contributed by atoms with E-state index < -0.39 is 23.2 Å². The molecule has 0 spiro atoms. The third-order valence-electron chi connectivity index (χ3n) is 3.89. The maximum Gasteiger partial charge on any atom is 0.340 e. The molecule has 2 amide bonds. The number of esters is 1. The summed E-state index contributed by atoms with van der Waals surface area (Å²) in [4.78, 5) is 37.3. The van der Waals surface area contributed by atoms with E-state index in [0.717, 1.165) is 0 Å². The molecular weight excluding hydrogens is 368 g/mol. The first-order chi connectivity index (χ1) is 12.8. The Morgan fingerprint density at radius 3 is 2.33 bits per heavy atom. The number of hydrogen-bond donors (Lipinski definition) is 2. The summed E-state index contributed by atoms with van der Waals surface area (Å²) in [6.07, 6.45) is 0. The van der Waals surface area contributed by atoms with Gasteiger partial charge in [-0.3, -0.25) is 9.59 Å². The lowest BCUT2D eigenvalue weighted by Crippen LogP contribution is -2.41. The molecule has 0 fully saturated rings. The highest BCUT2D eigenvalue weighted by atomic mass is 35.5. The Kier molecular flexibility index (Phi) is 6.58. The molecule has 2 aromatic rings. The molecule has 0 bridgehead atoms. The number of rotatable bonds is 6. The van der Waals surface area contributed by atoms with Crippen molar-refractivity contribution < 1.29 is 19.1 Å². The van der Waals surface area contributed by atoms with Crippen LogP contribution in [0.1, 0.15) is 31.1 Å². The fourth-order valence-electron chi connectivity index (χ4n) is 2.21. The summed E-state index contributed by atoms with van der Waals surface area (Å²) in [5.74, 6) is -1.61. The van der Waals surface area contributed by atoms with Gasteiger partial charge in [0.1, 0.15) is 5.41 Å². The van der Waals surface area contributed by atoms with Crippen molar-refractivity contribution in [3.05, 3.63) is 59.1 Å². The molecule has 2 aromatic carbocycles. The van der Waals surface area contributed by atoms with Gasteiger partial charge in [-0.1, -0.05) is 29.8 Å². The quantitative estimate of drug-likeness (QED) is 0.575. The summed E-state index contributed by atoms with van der Waals surface area (Å²) in [7, 11) is 0. The standard InChI is InChI=1S/C20H21ClN2O4/c1-4-27-17(24)15-10-5-6-11-16(15)23-19(26)20(2,3)18(25)22-14-9-7-8-13(21)12-14/h5-12H,4H2,1-3H3,(H,22,25)(H,23,26). The first-order valence-corrected chi connectivity index (χ1v) is 8.78. The van der Waals surface area contributed by atoms with Crippen LogP contribution in [0.5, 0.6) is 0 Å². The van der Waals surface area contributed by atoms with E-state index in [1.165, 1.54) is 13.8 Å². The Labute approximate surface area is 162 Å². The fourth-order valence-corrected chi connectivity index (χ4v) is 2.40. The number of carbonyl (C=O) groups excluding carboxylic acids is 3. The van der Waals surface area contributed by atoms with Crippen LogP contribution in [-0.2, 0) is 14.3 Å². The van der Waals surface area contributed by atoms with Gasteiger partial charge in [-0.15, -0.1) is 0 Å². The molecular formula is C20H21ClN2O4. The Morgan fingerprint density at radius 1 is 1.00 bits per heavy atom. The number of para-hydroxylation sites is 1. The summed E-state index contributed by atoms with van der Waals surface area (Å²) in [5, 5.41) is 5.78. The number of benzene rings is 2. The maximum absolute atomic E-state index is 12.7. The molecule has 0 aliphatic heterocycles. The lowest BCUT2D eigenvalue weighted by atomic mass is 9.90. The minimum Gasteiger partial charge on any atom is -0.462 e. The van der Waals surface area contributed by atoms with Crippen LogP contribution in [0.3, 0.4) is 0 Å². The minimum atomic E-state index is -1.40. The SMILES string of the molecule is CCOC(=O)c1ccccc1NC(=O)C(C)(C)C(=O)Nc1cccc(Cl)c1. The molecule has 6 nitrogen and oxygen atoms in total. The summed E-state index contributed by atoms with van der Waals surface area (Å²) in [5.41, 5.74) is -0.409. The normalized spacial score (nSPS) is 10.8. The van der Waals surface area contributed by atoms with E-state index in [2.05, 4.69) is 10.6 Å². The highest BCUT2D eigenvalue weighted by Gasteiger charge is 2.36. The van der Waals surface area contributed by atoms with Crippen LogP contribution in [0.4, 0.5) is 11.4 Å². The van der Waals surface area contributed by atoms with E-state index in [4.69, 9.17) is 16.3 Å². The Morgan fingerprint density at radius 2 is 1.67 bits per heavy atom. The predicted molar refractivity (Wildman–Crippen MR) is 105 cm³/mol. The molecule has 0 saturated heterocycles. The average molecular weight is 389 g/mol. The average Bonchev–Trinajstić information content (AvgIpc) is 2.62. The molecule has 0 aliphatic rings. The Bertz CT molecular complexity index is 865. The van der Waals surface area contributed by atoms with Crippen molar-refractivity contribution in [2.24, 2.45) is 5.41 Å². The number of carbonyl (C=O) groups is 3. The molecule has 0 saturated carbocycles. The van der Waals surface area contributed by atoms with Gasteiger partial charge < -0.3 is 15.4 Å². The van der Waals surface area contributed by atoms with Crippen LogP contribution in [0.15, 0.2) is 48.5 Å². The van der Waals surface area contributed by atoms with Gasteiger partial charge in [0.05, 0.1) is 17.9 Å². The van der Waals surface area contributed by atoms with Gasteiger partial charge in [0.25, 0.3) is 0 Å².